The highest BCUT2D eigenvalue weighted by molar-refractivity contribution is 5.98. The summed E-state index contributed by atoms with van der Waals surface area (Å²) in [5, 5.41) is 17.0. The van der Waals surface area contributed by atoms with Gasteiger partial charge in [0.15, 0.2) is 0 Å². The fourth-order valence-electron chi connectivity index (χ4n) is 1.36. The van der Waals surface area contributed by atoms with Crippen LogP contribution in [-0.4, -0.2) is 10.8 Å². The van der Waals surface area contributed by atoms with Crippen molar-refractivity contribution in [2.24, 2.45) is 0 Å². The van der Waals surface area contributed by atoms with Gasteiger partial charge in [-0.25, -0.2) is 0 Å². The molecule has 0 spiro atoms. The van der Waals surface area contributed by atoms with E-state index in [9.17, 15) is 5.11 Å². The number of rotatable bonds is 4. The summed E-state index contributed by atoms with van der Waals surface area (Å²) in [7, 11) is 0. The zero-order chi connectivity index (χ0) is 10.6. The van der Waals surface area contributed by atoms with E-state index in [2.05, 4.69) is 6.92 Å². The van der Waals surface area contributed by atoms with Crippen molar-refractivity contribution in [3.05, 3.63) is 35.4 Å². The van der Waals surface area contributed by atoms with E-state index in [4.69, 9.17) is 5.41 Å². The molecule has 0 heterocycles. The molecule has 1 unspecified atom stereocenters. The molecule has 0 aliphatic rings. The van der Waals surface area contributed by atoms with E-state index < -0.39 is 6.10 Å². The van der Waals surface area contributed by atoms with Crippen molar-refractivity contribution in [3.63, 3.8) is 0 Å². The topological polar surface area (TPSA) is 44.1 Å². The van der Waals surface area contributed by atoms with Crippen LogP contribution in [0.3, 0.4) is 0 Å². The van der Waals surface area contributed by atoms with Crippen LogP contribution in [0.2, 0.25) is 0 Å². The lowest BCUT2D eigenvalue weighted by Crippen LogP contribution is -1.99. The molecular formula is C12H17NO. The molecule has 0 bridgehead atoms. The summed E-state index contributed by atoms with van der Waals surface area (Å²) in [5.74, 6) is 0. The van der Waals surface area contributed by atoms with Crippen LogP contribution < -0.4 is 0 Å². The third-order valence-electron chi connectivity index (χ3n) is 2.24. The van der Waals surface area contributed by atoms with Gasteiger partial charge >= 0.3 is 0 Å². The Morgan fingerprint density at radius 3 is 2.36 bits per heavy atom. The van der Waals surface area contributed by atoms with Gasteiger partial charge in [-0.2, -0.15) is 0 Å². The Labute approximate surface area is 85.1 Å². The van der Waals surface area contributed by atoms with Crippen LogP contribution in [0.5, 0.6) is 0 Å². The maximum absolute atomic E-state index is 9.30. The molecular weight excluding hydrogens is 174 g/mol. The van der Waals surface area contributed by atoms with Crippen molar-refractivity contribution < 1.29 is 5.11 Å². The fraction of sp³-hybridized carbons (Fsp3) is 0.417. The summed E-state index contributed by atoms with van der Waals surface area (Å²) in [5.41, 5.74) is 2.53. The lowest BCUT2D eigenvalue weighted by Gasteiger charge is -2.06. The van der Waals surface area contributed by atoms with Gasteiger partial charge < -0.3 is 10.5 Å². The van der Waals surface area contributed by atoms with E-state index in [1.165, 1.54) is 0 Å². The quantitative estimate of drug-likeness (QED) is 0.706. The lowest BCUT2D eigenvalue weighted by molar-refractivity contribution is 0.199. The van der Waals surface area contributed by atoms with Crippen LogP contribution >= 0.6 is 0 Å². The largest absolute Gasteiger partial charge is 0.389 e. The summed E-state index contributed by atoms with van der Waals surface area (Å²) in [6.45, 7) is 3.81. The van der Waals surface area contributed by atoms with Crippen LogP contribution in [0, 0.1) is 5.41 Å². The second-order valence-electron chi connectivity index (χ2n) is 3.53. The highest BCUT2D eigenvalue weighted by atomic mass is 16.3. The van der Waals surface area contributed by atoms with E-state index in [0.717, 1.165) is 24.0 Å². The van der Waals surface area contributed by atoms with Gasteiger partial charge in [-0.05, 0) is 24.5 Å². The van der Waals surface area contributed by atoms with Crippen LogP contribution in [0.15, 0.2) is 24.3 Å². The van der Waals surface area contributed by atoms with E-state index in [-0.39, 0.29) is 0 Å². The number of hydrogen-bond donors (Lipinski definition) is 2. The average molecular weight is 191 g/mol. The Morgan fingerprint density at radius 1 is 1.36 bits per heavy atom. The molecule has 0 saturated heterocycles. The Morgan fingerprint density at radius 2 is 1.93 bits per heavy atom. The third kappa shape index (κ3) is 2.67. The molecule has 1 rings (SSSR count). The van der Waals surface area contributed by atoms with Gasteiger partial charge in [0.2, 0.25) is 0 Å². The van der Waals surface area contributed by atoms with Crippen LogP contribution in [0.4, 0.5) is 0 Å². The number of benzene rings is 1. The Hall–Kier alpha value is -1.15. The number of aliphatic hydroxyl groups excluding tert-OH is 1. The number of nitrogens with one attached hydrogen (secondary N) is 1. The highest BCUT2D eigenvalue weighted by Gasteiger charge is 2.02. The van der Waals surface area contributed by atoms with E-state index in [1.54, 1.807) is 6.92 Å². The lowest BCUT2D eigenvalue weighted by atomic mass is 10.0. The molecule has 1 aromatic rings. The molecule has 1 aromatic carbocycles. The van der Waals surface area contributed by atoms with E-state index in [0.29, 0.717) is 5.71 Å². The van der Waals surface area contributed by atoms with Gasteiger partial charge in [-0.3, -0.25) is 0 Å². The second kappa shape index (κ2) is 4.91. The standard InChI is InChI=1S/C12H17NO/c1-3-4-12(13)11-7-5-10(6-8-11)9(2)14/h5-9,13-14H,3-4H2,1-2H3. The Bertz CT molecular complexity index is 301. The van der Waals surface area contributed by atoms with Gasteiger partial charge in [0.1, 0.15) is 0 Å². The van der Waals surface area contributed by atoms with Crippen LogP contribution in [0.25, 0.3) is 0 Å². The molecule has 2 heteroatoms. The first-order chi connectivity index (χ1) is 6.65. The van der Waals surface area contributed by atoms with Gasteiger partial charge in [0.25, 0.3) is 0 Å². The smallest absolute Gasteiger partial charge is 0.0761 e. The Balaban J connectivity index is 2.78. The summed E-state index contributed by atoms with van der Waals surface area (Å²) in [4.78, 5) is 0. The molecule has 14 heavy (non-hydrogen) atoms. The van der Waals surface area contributed by atoms with Crippen molar-refractivity contribution in [2.45, 2.75) is 32.8 Å². The molecule has 1 atom stereocenters. The van der Waals surface area contributed by atoms with Crippen LogP contribution in [-0.2, 0) is 0 Å². The van der Waals surface area contributed by atoms with E-state index >= 15 is 0 Å². The third-order valence-corrected chi connectivity index (χ3v) is 2.24. The van der Waals surface area contributed by atoms with Gasteiger partial charge in [-0.15, -0.1) is 0 Å². The van der Waals surface area contributed by atoms with Crippen molar-refractivity contribution in [1.29, 1.82) is 5.41 Å². The summed E-state index contributed by atoms with van der Waals surface area (Å²) < 4.78 is 0. The van der Waals surface area contributed by atoms with Crippen molar-refractivity contribution >= 4 is 5.71 Å². The summed E-state index contributed by atoms with van der Waals surface area (Å²) in [6.07, 6.45) is 1.38. The maximum Gasteiger partial charge on any atom is 0.0761 e. The van der Waals surface area contributed by atoms with Crippen molar-refractivity contribution in [3.8, 4) is 0 Å². The molecule has 76 valence electrons. The first kappa shape index (κ1) is 10.9. The molecule has 0 aliphatic carbocycles. The summed E-state index contributed by atoms with van der Waals surface area (Å²) >= 11 is 0. The molecule has 2 nitrogen and oxygen atoms in total. The number of aliphatic hydroxyl groups is 1. The first-order valence-corrected chi connectivity index (χ1v) is 5.01. The minimum atomic E-state index is -0.426. The molecule has 0 saturated carbocycles. The molecule has 0 radical (unpaired) electrons. The predicted molar refractivity (Wildman–Crippen MR) is 58.8 cm³/mol. The van der Waals surface area contributed by atoms with Crippen molar-refractivity contribution in [1.82, 2.24) is 0 Å². The second-order valence-corrected chi connectivity index (χ2v) is 3.53. The van der Waals surface area contributed by atoms with Crippen molar-refractivity contribution in [2.75, 3.05) is 0 Å². The van der Waals surface area contributed by atoms with Gasteiger partial charge in [0, 0.05) is 5.71 Å². The van der Waals surface area contributed by atoms with Gasteiger partial charge in [-0.1, -0.05) is 37.6 Å². The van der Waals surface area contributed by atoms with Crippen LogP contribution in [0.1, 0.15) is 43.9 Å². The average Bonchev–Trinajstić information content (AvgIpc) is 2.18. The molecule has 2 N–H and O–H groups in total. The SMILES string of the molecule is CCCC(=N)c1ccc(C(C)O)cc1. The first-order valence-electron chi connectivity index (χ1n) is 5.01. The highest BCUT2D eigenvalue weighted by Crippen LogP contribution is 2.13. The zero-order valence-corrected chi connectivity index (χ0v) is 8.75. The van der Waals surface area contributed by atoms with Gasteiger partial charge in [0.05, 0.1) is 6.10 Å². The normalized spacial score (nSPS) is 12.5. The predicted octanol–water partition coefficient (Wildman–Crippen LogP) is 2.91. The molecule has 0 amide bonds. The fourth-order valence-corrected chi connectivity index (χ4v) is 1.36. The molecule has 0 aliphatic heterocycles. The maximum atomic E-state index is 9.30. The Kier molecular flexibility index (Phi) is 3.84. The monoisotopic (exact) mass is 191 g/mol. The minimum absolute atomic E-state index is 0.426. The summed E-state index contributed by atoms with van der Waals surface area (Å²) in [6, 6.07) is 7.56. The molecule has 0 fully saturated rings. The zero-order valence-electron chi connectivity index (χ0n) is 8.75. The van der Waals surface area contributed by atoms with E-state index in [1.807, 2.05) is 24.3 Å². The minimum Gasteiger partial charge on any atom is -0.389 e. The number of hydrogen-bond acceptors (Lipinski definition) is 2. The molecule has 0 aromatic heterocycles.